The van der Waals surface area contributed by atoms with Gasteiger partial charge in [0.05, 0.1) is 0 Å². The fraction of sp³-hybridized carbons (Fsp3) is 0.538. The van der Waals surface area contributed by atoms with Crippen molar-refractivity contribution in [1.29, 1.82) is 0 Å². The van der Waals surface area contributed by atoms with Crippen molar-refractivity contribution in [3.63, 3.8) is 0 Å². The molecule has 0 aliphatic carbocycles. The second-order valence-electron chi connectivity index (χ2n) is 4.05. The summed E-state index contributed by atoms with van der Waals surface area (Å²) in [4.78, 5) is 1.32. The van der Waals surface area contributed by atoms with Crippen LogP contribution in [0.1, 0.15) is 27.2 Å². The van der Waals surface area contributed by atoms with Crippen LogP contribution in [-0.2, 0) is 0 Å². The summed E-state index contributed by atoms with van der Waals surface area (Å²) >= 11 is 1.78. The quantitative estimate of drug-likeness (QED) is 0.749. The normalized spacial score (nSPS) is 14.7. The zero-order valence-corrected chi connectivity index (χ0v) is 10.9. The van der Waals surface area contributed by atoms with Gasteiger partial charge in [-0.25, -0.2) is 0 Å². The van der Waals surface area contributed by atoms with Crippen LogP contribution in [0.25, 0.3) is 0 Å². The Morgan fingerprint density at radius 2 is 1.80 bits per heavy atom. The molecular formula is C13H21NS. The van der Waals surface area contributed by atoms with E-state index in [0.29, 0.717) is 12.0 Å². The Kier molecular flexibility index (Phi) is 5.03. The maximum atomic E-state index is 3.53. The molecule has 0 aliphatic heterocycles. The minimum absolute atomic E-state index is 0.537. The number of benzene rings is 1. The first-order chi connectivity index (χ1) is 7.17. The molecule has 0 saturated carbocycles. The molecule has 0 fully saturated rings. The first-order valence-electron chi connectivity index (χ1n) is 5.58. The summed E-state index contributed by atoms with van der Waals surface area (Å²) in [5, 5.41) is 3.53. The average Bonchev–Trinajstić information content (AvgIpc) is 2.29. The summed E-state index contributed by atoms with van der Waals surface area (Å²) in [7, 11) is 0. The Morgan fingerprint density at radius 1 is 1.20 bits per heavy atom. The molecule has 1 N–H and O–H groups in total. The lowest BCUT2D eigenvalue weighted by atomic mass is 10.0. The average molecular weight is 223 g/mol. The van der Waals surface area contributed by atoms with Gasteiger partial charge < -0.3 is 5.32 Å². The van der Waals surface area contributed by atoms with Crippen LogP contribution < -0.4 is 5.32 Å². The number of rotatable bonds is 5. The van der Waals surface area contributed by atoms with Gasteiger partial charge in [0.2, 0.25) is 0 Å². The summed E-state index contributed by atoms with van der Waals surface area (Å²) in [6.45, 7) is 6.77. The largest absolute Gasteiger partial charge is 0.382 e. The minimum Gasteiger partial charge on any atom is -0.382 e. The van der Waals surface area contributed by atoms with Gasteiger partial charge in [0.25, 0.3) is 0 Å². The van der Waals surface area contributed by atoms with Gasteiger partial charge in [0.1, 0.15) is 0 Å². The molecule has 0 amide bonds. The Labute approximate surface area is 97.7 Å². The van der Waals surface area contributed by atoms with Gasteiger partial charge in [-0.15, -0.1) is 11.8 Å². The van der Waals surface area contributed by atoms with Crippen LogP contribution in [-0.4, -0.2) is 12.3 Å². The third-order valence-electron chi connectivity index (χ3n) is 2.98. The zero-order chi connectivity index (χ0) is 11.3. The van der Waals surface area contributed by atoms with Crippen LogP contribution in [0.2, 0.25) is 0 Å². The Morgan fingerprint density at radius 3 is 2.27 bits per heavy atom. The Hall–Kier alpha value is -0.630. The Balaban J connectivity index is 2.57. The minimum atomic E-state index is 0.537. The lowest BCUT2D eigenvalue weighted by Gasteiger charge is -2.21. The zero-order valence-electron chi connectivity index (χ0n) is 10.1. The van der Waals surface area contributed by atoms with Crippen molar-refractivity contribution < 1.29 is 0 Å². The first kappa shape index (κ1) is 12.4. The van der Waals surface area contributed by atoms with Crippen LogP contribution in [0.5, 0.6) is 0 Å². The molecule has 0 spiro atoms. The lowest BCUT2D eigenvalue weighted by molar-refractivity contribution is 0.494. The standard InChI is InChI=1S/C13H21NS/c1-5-10(2)11(3)14-12-6-8-13(15-4)9-7-12/h6-11,14H,5H2,1-4H3/t10-,11-/m0/s1. The molecule has 1 rings (SSSR count). The molecule has 84 valence electrons. The van der Waals surface area contributed by atoms with Crippen LogP contribution in [0, 0.1) is 5.92 Å². The highest BCUT2D eigenvalue weighted by atomic mass is 32.2. The number of hydrogen-bond donors (Lipinski definition) is 1. The highest BCUT2D eigenvalue weighted by Crippen LogP contribution is 2.19. The molecule has 0 heterocycles. The van der Waals surface area contributed by atoms with Gasteiger partial charge in [-0.3, -0.25) is 0 Å². The maximum Gasteiger partial charge on any atom is 0.0343 e. The van der Waals surface area contributed by atoms with Crippen molar-refractivity contribution in [2.75, 3.05) is 11.6 Å². The first-order valence-corrected chi connectivity index (χ1v) is 6.80. The SMILES string of the molecule is CC[C@H](C)[C@H](C)Nc1ccc(SC)cc1. The van der Waals surface area contributed by atoms with E-state index in [1.807, 2.05) is 0 Å². The molecule has 0 radical (unpaired) electrons. The van der Waals surface area contributed by atoms with E-state index in [2.05, 4.69) is 56.6 Å². The molecule has 0 bridgehead atoms. The maximum absolute atomic E-state index is 3.53. The van der Waals surface area contributed by atoms with E-state index < -0.39 is 0 Å². The van der Waals surface area contributed by atoms with Crippen LogP contribution >= 0.6 is 11.8 Å². The second kappa shape index (κ2) is 6.06. The van der Waals surface area contributed by atoms with E-state index in [-0.39, 0.29) is 0 Å². The summed E-state index contributed by atoms with van der Waals surface area (Å²) in [6, 6.07) is 9.18. The van der Waals surface area contributed by atoms with Crippen molar-refractivity contribution in [1.82, 2.24) is 0 Å². The summed E-state index contributed by atoms with van der Waals surface area (Å²) in [5.74, 6) is 0.713. The third-order valence-corrected chi connectivity index (χ3v) is 3.73. The summed E-state index contributed by atoms with van der Waals surface area (Å²) < 4.78 is 0. The molecular weight excluding hydrogens is 202 g/mol. The second-order valence-corrected chi connectivity index (χ2v) is 4.93. The number of thioether (sulfide) groups is 1. The molecule has 0 aliphatic rings. The van der Waals surface area contributed by atoms with E-state index in [1.165, 1.54) is 17.0 Å². The lowest BCUT2D eigenvalue weighted by Crippen LogP contribution is -2.23. The van der Waals surface area contributed by atoms with E-state index in [9.17, 15) is 0 Å². The van der Waals surface area contributed by atoms with Gasteiger partial charge in [0.15, 0.2) is 0 Å². The molecule has 0 unspecified atom stereocenters. The van der Waals surface area contributed by atoms with E-state index in [1.54, 1.807) is 11.8 Å². The van der Waals surface area contributed by atoms with Gasteiger partial charge >= 0.3 is 0 Å². The van der Waals surface area contributed by atoms with Crippen molar-refractivity contribution >= 4 is 17.4 Å². The van der Waals surface area contributed by atoms with Crippen molar-refractivity contribution in [3.8, 4) is 0 Å². The molecule has 1 nitrogen and oxygen atoms in total. The summed E-state index contributed by atoms with van der Waals surface area (Å²) in [5.41, 5.74) is 1.22. The fourth-order valence-electron chi connectivity index (χ4n) is 1.45. The van der Waals surface area contributed by atoms with Crippen molar-refractivity contribution in [2.45, 2.75) is 38.1 Å². The molecule has 1 aromatic carbocycles. The highest BCUT2D eigenvalue weighted by Gasteiger charge is 2.09. The summed E-state index contributed by atoms with van der Waals surface area (Å²) in [6.07, 6.45) is 3.32. The van der Waals surface area contributed by atoms with Crippen molar-refractivity contribution in [2.24, 2.45) is 5.92 Å². The fourth-order valence-corrected chi connectivity index (χ4v) is 1.85. The Bertz CT molecular complexity index is 281. The molecule has 0 aromatic heterocycles. The van der Waals surface area contributed by atoms with Gasteiger partial charge in [-0.1, -0.05) is 20.3 Å². The molecule has 15 heavy (non-hydrogen) atoms. The highest BCUT2D eigenvalue weighted by molar-refractivity contribution is 7.98. The number of hydrogen-bond acceptors (Lipinski definition) is 2. The van der Waals surface area contributed by atoms with Crippen LogP contribution in [0.4, 0.5) is 5.69 Å². The van der Waals surface area contributed by atoms with Crippen LogP contribution in [0.15, 0.2) is 29.2 Å². The predicted molar refractivity (Wildman–Crippen MR) is 70.8 cm³/mol. The molecule has 0 saturated heterocycles. The molecule has 1 aromatic rings. The van der Waals surface area contributed by atoms with E-state index in [0.717, 1.165) is 0 Å². The molecule has 2 atom stereocenters. The monoisotopic (exact) mass is 223 g/mol. The van der Waals surface area contributed by atoms with E-state index >= 15 is 0 Å². The molecule has 2 heteroatoms. The van der Waals surface area contributed by atoms with E-state index in [4.69, 9.17) is 0 Å². The predicted octanol–water partition coefficient (Wildman–Crippen LogP) is 4.26. The smallest absolute Gasteiger partial charge is 0.0343 e. The number of anilines is 1. The van der Waals surface area contributed by atoms with Crippen LogP contribution in [0.3, 0.4) is 0 Å². The van der Waals surface area contributed by atoms with Gasteiger partial charge in [-0.05, 0) is 43.4 Å². The topological polar surface area (TPSA) is 12.0 Å². The third kappa shape index (κ3) is 3.78. The van der Waals surface area contributed by atoms with Crippen molar-refractivity contribution in [3.05, 3.63) is 24.3 Å². The van der Waals surface area contributed by atoms with Gasteiger partial charge in [0, 0.05) is 16.6 Å². The number of nitrogens with one attached hydrogen (secondary N) is 1. The van der Waals surface area contributed by atoms with Gasteiger partial charge in [-0.2, -0.15) is 0 Å².